The number of fused-ring (bicyclic) bond motifs is 1. The second kappa shape index (κ2) is 7.40. The van der Waals surface area contributed by atoms with Crippen LogP contribution in [0, 0.1) is 15.5 Å². The van der Waals surface area contributed by atoms with Crippen LogP contribution in [-0.4, -0.2) is 29.7 Å². The minimum absolute atomic E-state index is 0.258. The molecular weight excluding hydrogens is 370 g/mol. The van der Waals surface area contributed by atoms with E-state index in [1.54, 1.807) is 48.5 Å². The van der Waals surface area contributed by atoms with Gasteiger partial charge in [-0.1, -0.05) is 30.0 Å². The Morgan fingerprint density at radius 1 is 1.26 bits per heavy atom. The topological polar surface area (TPSA) is 95.7 Å². The summed E-state index contributed by atoms with van der Waals surface area (Å²) in [6.07, 6.45) is 0. The molecule has 0 radical (unpaired) electrons. The Morgan fingerprint density at radius 3 is 2.56 bits per heavy atom. The summed E-state index contributed by atoms with van der Waals surface area (Å²) in [5.74, 6) is -0.799. The van der Waals surface area contributed by atoms with Crippen LogP contribution in [0.1, 0.15) is 18.4 Å². The summed E-state index contributed by atoms with van der Waals surface area (Å²) in [5, 5.41) is 10.7. The lowest BCUT2D eigenvalue weighted by molar-refractivity contribution is -0.485. The Balaban J connectivity index is 1.97. The molecule has 7 nitrogen and oxygen atoms in total. The highest BCUT2D eigenvalue weighted by molar-refractivity contribution is 8.13. The van der Waals surface area contributed by atoms with Gasteiger partial charge in [0.2, 0.25) is 11.7 Å². The average Bonchev–Trinajstić information content (AvgIpc) is 2.65. The first-order valence-electron chi connectivity index (χ1n) is 8.15. The summed E-state index contributed by atoms with van der Waals surface area (Å²) >= 11 is 0.860. The van der Waals surface area contributed by atoms with E-state index in [0.29, 0.717) is 16.2 Å². The Hall–Kier alpha value is -2.87. The van der Waals surface area contributed by atoms with Crippen LogP contribution in [0.4, 0.5) is 0 Å². The molecule has 2 aromatic rings. The Bertz CT molecular complexity index is 897. The predicted molar refractivity (Wildman–Crippen MR) is 98.6 cm³/mol. The number of nitro groups is 1. The van der Waals surface area contributed by atoms with E-state index in [1.165, 1.54) is 14.0 Å². The molecule has 2 aromatic carbocycles. The van der Waals surface area contributed by atoms with Crippen LogP contribution in [0.25, 0.3) is 0 Å². The SMILES string of the molecule is COc1ccc(SC(=O)[C@]2(C)C(=O)Oc3ccccc3[C@@H]2C[N+](=O)[O-])cc1. The van der Waals surface area contributed by atoms with E-state index < -0.39 is 33.9 Å². The molecular formula is C19H17NO6S. The monoisotopic (exact) mass is 387 g/mol. The van der Waals surface area contributed by atoms with Gasteiger partial charge in [0.15, 0.2) is 0 Å². The number of benzene rings is 2. The van der Waals surface area contributed by atoms with E-state index in [4.69, 9.17) is 9.47 Å². The third-order valence-corrected chi connectivity index (χ3v) is 5.76. The standard InChI is InChI=1S/C19H17NO6S/c1-19(18(22)27-13-9-7-12(25-2)8-10-13)15(11-20(23)24)14-5-3-4-6-16(14)26-17(19)21/h3-10,15H,11H2,1-2H3/t15-,19-/m0/s1. The minimum Gasteiger partial charge on any atom is -0.497 e. The van der Waals surface area contributed by atoms with Gasteiger partial charge in [0.1, 0.15) is 16.9 Å². The highest BCUT2D eigenvalue weighted by atomic mass is 32.2. The van der Waals surface area contributed by atoms with Gasteiger partial charge < -0.3 is 9.47 Å². The van der Waals surface area contributed by atoms with Gasteiger partial charge >= 0.3 is 5.97 Å². The van der Waals surface area contributed by atoms with Crippen LogP contribution in [0.15, 0.2) is 53.4 Å². The molecule has 140 valence electrons. The second-order valence-corrected chi connectivity index (χ2v) is 7.31. The molecule has 0 bridgehead atoms. The molecule has 1 aliphatic rings. The Morgan fingerprint density at radius 2 is 1.93 bits per heavy atom. The maximum atomic E-state index is 13.1. The number of rotatable bonds is 5. The van der Waals surface area contributed by atoms with Crippen LogP contribution in [0.3, 0.4) is 0 Å². The van der Waals surface area contributed by atoms with Gasteiger partial charge in [0.25, 0.3) is 0 Å². The molecule has 2 atom stereocenters. The molecule has 27 heavy (non-hydrogen) atoms. The molecule has 0 fully saturated rings. The average molecular weight is 387 g/mol. The van der Waals surface area contributed by atoms with E-state index in [9.17, 15) is 19.7 Å². The second-order valence-electron chi connectivity index (χ2n) is 6.26. The molecule has 3 rings (SSSR count). The van der Waals surface area contributed by atoms with Crippen molar-refractivity contribution in [1.82, 2.24) is 0 Å². The van der Waals surface area contributed by atoms with Gasteiger partial charge in [-0.05, 0) is 37.3 Å². The number of esters is 1. The Labute approximate surface area is 159 Å². The molecule has 0 aromatic heterocycles. The maximum absolute atomic E-state index is 13.1. The molecule has 0 N–H and O–H groups in total. The van der Waals surface area contributed by atoms with Gasteiger partial charge in [-0.2, -0.15) is 0 Å². The predicted octanol–water partition coefficient (Wildman–Crippen LogP) is 3.30. The van der Waals surface area contributed by atoms with Crippen molar-refractivity contribution in [3.05, 3.63) is 64.2 Å². The first-order valence-corrected chi connectivity index (χ1v) is 8.97. The number of methoxy groups -OCH3 is 1. The largest absolute Gasteiger partial charge is 0.497 e. The van der Waals surface area contributed by atoms with Gasteiger partial charge in [-0.15, -0.1) is 0 Å². The first kappa shape index (κ1) is 18.9. The van der Waals surface area contributed by atoms with Gasteiger partial charge in [0, 0.05) is 15.4 Å². The summed E-state index contributed by atoms with van der Waals surface area (Å²) in [6.45, 7) is 0.871. The fourth-order valence-electron chi connectivity index (χ4n) is 3.03. The first-order chi connectivity index (χ1) is 12.9. The lowest BCUT2D eigenvalue weighted by Crippen LogP contribution is -2.48. The number of hydrogen-bond donors (Lipinski definition) is 0. The van der Waals surface area contributed by atoms with Crippen LogP contribution < -0.4 is 9.47 Å². The molecule has 8 heteroatoms. The third kappa shape index (κ3) is 3.52. The van der Waals surface area contributed by atoms with Crippen molar-refractivity contribution in [2.75, 3.05) is 13.7 Å². The lowest BCUT2D eigenvalue weighted by Gasteiger charge is -2.36. The van der Waals surface area contributed by atoms with Crippen LogP contribution in [0.5, 0.6) is 11.5 Å². The number of ether oxygens (including phenoxy) is 2. The van der Waals surface area contributed by atoms with Crippen LogP contribution >= 0.6 is 11.8 Å². The van der Waals surface area contributed by atoms with Gasteiger partial charge in [-0.25, -0.2) is 0 Å². The number of carbonyl (C=O) groups excluding carboxylic acids is 2. The molecule has 1 aliphatic heterocycles. The summed E-state index contributed by atoms with van der Waals surface area (Å²) in [6, 6.07) is 13.4. The number of nitrogens with zero attached hydrogens (tertiary/aromatic N) is 1. The highest BCUT2D eigenvalue weighted by Gasteiger charge is 2.55. The zero-order valence-electron chi connectivity index (χ0n) is 14.7. The fourth-order valence-corrected chi connectivity index (χ4v) is 3.96. The van der Waals surface area contributed by atoms with Crippen molar-refractivity contribution < 1.29 is 24.0 Å². The minimum atomic E-state index is -1.67. The van der Waals surface area contributed by atoms with Gasteiger partial charge in [0.05, 0.1) is 13.0 Å². The van der Waals surface area contributed by atoms with Crippen LogP contribution in [0.2, 0.25) is 0 Å². The van der Waals surface area contributed by atoms with Crippen molar-refractivity contribution in [1.29, 1.82) is 0 Å². The van der Waals surface area contributed by atoms with Crippen molar-refractivity contribution in [2.24, 2.45) is 5.41 Å². The zero-order valence-corrected chi connectivity index (χ0v) is 15.5. The number of hydrogen-bond acceptors (Lipinski definition) is 7. The Kier molecular flexibility index (Phi) is 5.18. The van der Waals surface area contributed by atoms with Crippen molar-refractivity contribution in [3.8, 4) is 11.5 Å². The molecule has 0 amide bonds. The van der Waals surface area contributed by atoms with E-state index in [2.05, 4.69) is 0 Å². The van der Waals surface area contributed by atoms with E-state index >= 15 is 0 Å². The molecule has 1 heterocycles. The number of para-hydroxylation sites is 1. The number of carbonyl (C=O) groups is 2. The quantitative estimate of drug-likeness (QED) is 0.194. The molecule has 0 saturated carbocycles. The van der Waals surface area contributed by atoms with E-state index in [0.717, 1.165) is 11.8 Å². The summed E-state index contributed by atoms with van der Waals surface area (Å²) < 4.78 is 10.4. The van der Waals surface area contributed by atoms with Crippen molar-refractivity contribution >= 4 is 22.8 Å². The van der Waals surface area contributed by atoms with E-state index in [1.807, 2.05) is 0 Å². The smallest absolute Gasteiger partial charge is 0.326 e. The molecule has 0 unspecified atom stereocenters. The molecule has 0 saturated heterocycles. The highest BCUT2D eigenvalue weighted by Crippen LogP contribution is 2.48. The third-order valence-electron chi connectivity index (χ3n) is 4.64. The zero-order chi connectivity index (χ0) is 19.6. The summed E-state index contributed by atoms with van der Waals surface area (Å²) in [5.41, 5.74) is -1.19. The van der Waals surface area contributed by atoms with Gasteiger partial charge in [-0.3, -0.25) is 19.7 Å². The van der Waals surface area contributed by atoms with Crippen molar-refractivity contribution in [3.63, 3.8) is 0 Å². The number of thioether (sulfide) groups is 1. The fraction of sp³-hybridized carbons (Fsp3) is 0.263. The maximum Gasteiger partial charge on any atom is 0.326 e. The summed E-state index contributed by atoms with van der Waals surface area (Å²) in [4.78, 5) is 37.1. The van der Waals surface area contributed by atoms with Crippen LogP contribution in [-0.2, 0) is 9.59 Å². The normalized spacial score (nSPS) is 21.1. The summed E-state index contributed by atoms with van der Waals surface area (Å²) in [7, 11) is 1.53. The lowest BCUT2D eigenvalue weighted by atomic mass is 9.72. The molecule has 0 aliphatic carbocycles. The molecule has 0 spiro atoms. The van der Waals surface area contributed by atoms with Crippen molar-refractivity contribution in [2.45, 2.75) is 17.7 Å². The van der Waals surface area contributed by atoms with E-state index in [-0.39, 0.29) is 5.75 Å².